The van der Waals surface area contributed by atoms with Gasteiger partial charge in [-0.3, -0.25) is 0 Å². The summed E-state index contributed by atoms with van der Waals surface area (Å²) in [4.78, 5) is 27.4. The molecule has 1 heterocycles. The predicted molar refractivity (Wildman–Crippen MR) is 135 cm³/mol. The third kappa shape index (κ3) is 5.71. The van der Waals surface area contributed by atoms with E-state index in [1.165, 1.54) is 21.3 Å². The van der Waals surface area contributed by atoms with E-state index in [4.69, 9.17) is 18.9 Å². The Morgan fingerprint density at radius 1 is 0.917 bits per heavy atom. The van der Waals surface area contributed by atoms with Crippen LogP contribution in [0.4, 0.5) is 0 Å². The van der Waals surface area contributed by atoms with Crippen molar-refractivity contribution < 1.29 is 33.6 Å². The second-order valence-corrected chi connectivity index (χ2v) is 8.39. The van der Waals surface area contributed by atoms with Gasteiger partial charge in [0.15, 0.2) is 11.5 Å². The van der Waals surface area contributed by atoms with Crippen molar-refractivity contribution in [3.8, 4) is 11.5 Å². The summed E-state index contributed by atoms with van der Waals surface area (Å²) in [5.41, 5.74) is 3.27. The van der Waals surface area contributed by atoms with E-state index in [-0.39, 0.29) is 11.1 Å². The minimum atomic E-state index is -1.11. The van der Waals surface area contributed by atoms with Gasteiger partial charge in [0.1, 0.15) is 0 Å². The van der Waals surface area contributed by atoms with Gasteiger partial charge in [-0.2, -0.15) is 0 Å². The Bertz CT molecular complexity index is 1150. The number of nitrogens with zero attached hydrogens (tertiary/aromatic N) is 1. The smallest absolute Gasteiger partial charge is 0.336 e. The Morgan fingerprint density at radius 2 is 1.58 bits per heavy atom. The van der Waals surface area contributed by atoms with Crippen LogP contribution in [-0.2, 0) is 25.7 Å². The quantitative estimate of drug-likeness (QED) is 0.359. The lowest BCUT2D eigenvalue weighted by molar-refractivity contribution is -0.136. The van der Waals surface area contributed by atoms with Crippen LogP contribution < -0.4 is 9.47 Å². The second kappa shape index (κ2) is 12.3. The number of methoxy groups -OCH3 is 3. The summed E-state index contributed by atoms with van der Waals surface area (Å²) in [5, 5.41) is 10.2. The molecule has 0 saturated heterocycles. The predicted octanol–water partition coefficient (Wildman–Crippen LogP) is 4.52. The summed E-state index contributed by atoms with van der Waals surface area (Å²) in [7, 11) is 4.32. The molecule has 192 valence electrons. The molecule has 3 rings (SSSR count). The average Bonchev–Trinajstić information content (AvgIpc) is 2.89. The maximum atomic E-state index is 13.0. The fraction of sp³-hybridized carbons (Fsp3) is 0.357. The van der Waals surface area contributed by atoms with Gasteiger partial charge in [-0.1, -0.05) is 36.4 Å². The first kappa shape index (κ1) is 26.8. The fourth-order valence-electron chi connectivity index (χ4n) is 4.55. The van der Waals surface area contributed by atoms with Crippen molar-refractivity contribution >= 4 is 11.9 Å². The Labute approximate surface area is 211 Å². The first-order valence-electron chi connectivity index (χ1n) is 11.7. The largest absolute Gasteiger partial charge is 0.493 e. The number of carbonyl (C=O) groups excluding carboxylic acids is 1. The molecule has 0 radical (unpaired) electrons. The molecule has 8 heteroatoms. The third-order valence-electron chi connectivity index (χ3n) is 6.33. The molecule has 0 bridgehead atoms. The Hall–Kier alpha value is -3.78. The Morgan fingerprint density at radius 3 is 2.19 bits per heavy atom. The van der Waals surface area contributed by atoms with Gasteiger partial charge in [0.25, 0.3) is 0 Å². The van der Waals surface area contributed by atoms with Crippen LogP contribution in [0.1, 0.15) is 37.3 Å². The van der Waals surface area contributed by atoms with Gasteiger partial charge in [-0.25, -0.2) is 9.59 Å². The average molecular weight is 496 g/mol. The molecule has 1 aliphatic heterocycles. The van der Waals surface area contributed by atoms with Crippen molar-refractivity contribution in [3.63, 3.8) is 0 Å². The van der Waals surface area contributed by atoms with Crippen LogP contribution in [0.3, 0.4) is 0 Å². The van der Waals surface area contributed by atoms with Crippen molar-refractivity contribution in [2.75, 3.05) is 34.5 Å². The van der Waals surface area contributed by atoms with Gasteiger partial charge >= 0.3 is 11.9 Å². The number of allylic oxidation sites excluding steroid dienone is 2. The number of aliphatic carboxylic acids is 1. The molecule has 0 aromatic heterocycles. The SMILES string of the molecule is COC(=O)C1=C(C)N(CCCOCc2ccccc2)C(C)=C(C(=O)O)C1c1ccc(OC)c(OC)c1. The van der Waals surface area contributed by atoms with Gasteiger partial charge in [-0.05, 0) is 43.5 Å². The lowest BCUT2D eigenvalue weighted by atomic mass is 9.79. The molecule has 1 N–H and O–H groups in total. The minimum absolute atomic E-state index is 0.110. The fourth-order valence-corrected chi connectivity index (χ4v) is 4.55. The van der Waals surface area contributed by atoms with Crippen molar-refractivity contribution in [1.29, 1.82) is 0 Å². The number of hydrogen-bond acceptors (Lipinski definition) is 7. The van der Waals surface area contributed by atoms with Gasteiger partial charge in [-0.15, -0.1) is 0 Å². The molecule has 8 nitrogen and oxygen atoms in total. The molecule has 1 atom stereocenters. The molecule has 2 aromatic rings. The first-order chi connectivity index (χ1) is 17.3. The summed E-state index contributed by atoms with van der Waals surface area (Å²) in [6.07, 6.45) is 0.643. The Balaban J connectivity index is 1.92. The monoisotopic (exact) mass is 495 g/mol. The van der Waals surface area contributed by atoms with E-state index in [1.807, 2.05) is 42.2 Å². The molecule has 0 saturated carbocycles. The maximum Gasteiger partial charge on any atom is 0.336 e. The minimum Gasteiger partial charge on any atom is -0.493 e. The van der Waals surface area contributed by atoms with Crippen LogP contribution in [0, 0.1) is 0 Å². The van der Waals surface area contributed by atoms with Crippen molar-refractivity contribution in [3.05, 3.63) is 82.2 Å². The van der Waals surface area contributed by atoms with E-state index in [9.17, 15) is 14.7 Å². The number of carboxylic acids is 1. The molecule has 36 heavy (non-hydrogen) atoms. The maximum absolute atomic E-state index is 13.0. The summed E-state index contributed by atoms with van der Waals surface area (Å²) in [5.74, 6) is -1.57. The van der Waals surface area contributed by atoms with E-state index in [0.29, 0.717) is 54.6 Å². The second-order valence-electron chi connectivity index (χ2n) is 8.39. The first-order valence-corrected chi connectivity index (χ1v) is 11.7. The molecule has 0 aliphatic carbocycles. The summed E-state index contributed by atoms with van der Waals surface area (Å²) < 4.78 is 21.6. The van der Waals surface area contributed by atoms with E-state index in [2.05, 4.69) is 0 Å². The van der Waals surface area contributed by atoms with Crippen LogP contribution in [0.15, 0.2) is 71.1 Å². The number of benzene rings is 2. The van der Waals surface area contributed by atoms with Crippen molar-refractivity contribution in [2.45, 2.75) is 32.8 Å². The number of esters is 1. The van der Waals surface area contributed by atoms with Crippen LogP contribution in [-0.4, -0.2) is 56.4 Å². The number of rotatable bonds is 11. The molecular formula is C28H33NO7. The van der Waals surface area contributed by atoms with E-state index >= 15 is 0 Å². The third-order valence-corrected chi connectivity index (χ3v) is 6.33. The number of carboxylic acid groups (broad SMARTS) is 1. The highest BCUT2D eigenvalue weighted by molar-refractivity contribution is 5.99. The lowest BCUT2D eigenvalue weighted by Gasteiger charge is -2.37. The van der Waals surface area contributed by atoms with E-state index in [1.54, 1.807) is 25.1 Å². The van der Waals surface area contributed by atoms with Crippen LogP contribution in [0.5, 0.6) is 11.5 Å². The summed E-state index contributed by atoms with van der Waals surface area (Å²) in [6.45, 7) is 5.05. The summed E-state index contributed by atoms with van der Waals surface area (Å²) >= 11 is 0. The Kier molecular flexibility index (Phi) is 9.13. The highest BCUT2D eigenvalue weighted by atomic mass is 16.5. The zero-order chi connectivity index (χ0) is 26.2. The standard InChI is InChI=1S/C28H33NO7/c1-18-24(27(30)31)26(21-12-13-22(33-3)23(16-21)34-4)25(28(32)35-5)19(2)29(18)14-9-15-36-17-20-10-7-6-8-11-20/h6-8,10-13,16,26H,9,14-15,17H2,1-5H3,(H,30,31). The van der Waals surface area contributed by atoms with Crippen LogP contribution in [0.25, 0.3) is 0 Å². The molecule has 1 aliphatic rings. The van der Waals surface area contributed by atoms with Crippen molar-refractivity contribution in [1.82, 2.24) is 4.90 Å². The zero-order valence-corrected chi connectivity index (χ0v) is 21.4. The van der Waals surface area contributed by atoms with Crippen LogP contribution >= 0.6 is 0 Å². The number of ether oxygens (including phenoxy) is 4. The van der Waals surface area contributed by atoms with Crippen LogP contribution in [0.2, 0.25) is 0 Å². The number of hydrogen-bond donors (Lipinski definition) is 1. The van der Waals surface area contributed by atoms with Gasteiger partial charge < -0.3 is 29.0 Å². The molecular weight excluding hydrogens is 462 g/mol. The highest BCUT2D eigenvalue weighted by Crippen LogP contribution is 2.44. The topological polar surface area (TPSA) is 94.5 Å². The zero-order valence-electron chi connectivity index (χ0n) is 21.4. The highest BCUT2D eigenvalue weighted by Gasteiger charge is 2.40. The van der Waals surface area contributed by atoms with Gasteiger partial charge in [0, 0.05) is 24.5 Å². The molecule has 1 unspecified atom stereocenters. The molecule has 0 spiro atoms. The molecule has 0 amide bonds. The van der Waals surface area contributed by atoms with Crippen molar-refractivity contribution in [2.24, 2.45) is 0 Å². The van der Waals surface area contributed by atoms with Gasteiger partial charge in [0.05, 0.1) is 45.0 Å². The van der Waals surface area contributed by atoms with E-state index < -0.39 is 17.9 Å². The number of carbonyl (C=O) groups is 2. The summed E-state index contributed by atoms with van der Waals surface area (Å²) in [6, 6.07) is 15.0. The molecule has 0 fully saturated rings. The molecule has 2 aromatic carbocycles. The normalized spacial score (nSPS) is 15.7. The van der Waals surface area contributed by atoms with Gasteiger partial charge in [0.2, 0.25) is 0 Å². The lowest BCUT2D eigenvalue weighted by Crippen LogP contribution is -2.35. The van der Waals surface area contributed by atoms with E-state index in [0.717, 1.165) is 5.56 Å².